The van der Waals surface area contributed by atoms with Gasteiger partial charge in [-0.15, -0.1) is 5.10 Å². The topological polar surface area (TPSA) is 90.5 Å². The van der Waals surface area contributed by atoms with E-state index in [1.54, 1.807) is 23.0 Å². The van der Waals surface area contributed by atoms with Gasteiger partial charge in [0.15, 0.2) is 5.82 Å². The molecule has 5 rings (SSSR count). The van der Waals surface area contributed by atoms with Gasteiger partial charge >= 0.3 is 0 Å². The molecule has 4 aromatic rings. The molecule has 1 saturated carbocycles. The lowest BCUT2D eigenvalue weighted by Gasteiger charge is -2.08. The molecule has 1 N–H and O–H groups in total. The predicted octanol–water partition coefficient (Wildman–Crippen LogP) is 3.42. The van der Waals surface area contributed by atoms with Crippen LogP contribution in [0.25, 0.3) is 17.1 Å². The first-order valence-corrected chi connectivity index (χ1v) is 9.49. The van der Waals surface area contributed by atoms with Gasteiger partial charge in [-0.25, -0.2) is 9.36 Å². The number of tetrazole rings is 1. The smallest absolute Gasteiger partial charge is 0.255 e. The van der Waals surface area contributed by atoms with Gasteiger partial charge in [-0.1, -0.05) is 0 Å². The maximum absolute atomic E-state index is 12.6. The van der Waals surface area contributed by atoms with Gasteiger partial charge in [0, 0.05) is 23.0 Å². The van der Waals surface area contributed by atoms with Crippen molar-refractivity contribution < 1.29 is 4.79 Å². The molecule has 8 nitrogen and oxygen atoms in total. The van der Waals surface area contributed by atoms with Gasteiger partial charge in [-0.05, 0) is 84.3 Å². The third-order valence-electron chi connectivity index (χ3n) is 4.89. The number of aryl methyl sites for hydroxylation is 1. The Kier molecular flexibility index (Phi) is 4.16. The third-order valence-corrected chi connectivity index (χ3v) is 4.89. The number of nitrogens with one attached hydrogen (secondary N) is 1. The van der Waals surface area contributed by atoms with Gasteiger partial charge in [-0.2, -0.15) is 5.10 Å². The number of rotatable bonds is 5. The molecule has 8 heteroatoms. The van der Waals surface area contributed by atoms with Crippen LogP contribution in [0.1, 0.15) is 34.8 Å². The van der Waals surface area contributed by atoms with Crippen molar-refractivity contribution in [1.82, 2.24) is 30.0 Å². The van der Waals surface area contributed by atoms with Crippen LogP contribution in [0.3, 0.4) is 0 Å². The van der Waals surface area contributed by atoms with Gasteiger partial charge < -0.3 is 5.32 Å². The van der Waals surface area contributed by atoms with Gasteiger partial charge in [-0.3, -0.25) is 4.79 Å². The second-order valence-corrected chi connectivity index (χ2v) is 7.22. The predicted molar refractivity (Wildman–Crippen MR) is 108 cm³/mol. The van der Waals surface area contributed by atoms with Crippen LogP contribution in [0.4, 0.5) is 5.69 Å². The van der Waals surface area contributed by atoms with Crippen molar-refractivity contribution in [3.63, 3.8) is 0 Å². The van der Waals surface area contributed by atoms with E-state index < -0.39 is 0 Å². The average Bonchev–Trinajstić information content (AvgIpc) is 3.30. The molecule has 0 aliphatic heterocycles. The molecule has 0 spiro atoms. The molecule has 0 saturated heterocycles. The Morgan fingerprint density at radius 1 is 1.07 bits per heavy atom. The van der Waals surface area contributed by atoms with Crippen LogP contribution < -0.4 is 5.32 Å². The highest BCUT2D eigenvalue weighted by Crippen LogP contribution is 2.36. The first kappa shape index (κ1) is 17.3. The molecular formula is C21H19N7O. The van der Waals surface area contributed by atoms with E-state index in [2.05, 4.69) is 25.9 Å². The zero-order valence-electron chi connectivity index (χ0n) is 15.9. The summed E-state index contributed by atoms with van der Waals surface area (Å²) in [4.78, 5) is 12.6. The van der Waals surface area contributed by atoms with Crippen molar-refractivity contribution in [3.05, 3.63) is 72.1 Å². The van der Waals surface area contributed by atoms with E-state index in [9.17, 15) is 4.79 Å². The van der Waals surface area contributed by atoms with E-state index in [-0.39, 0.29) is 5.91 Å². The SMILES string of the molecule is Cc1cnn(-c2ccc(C(=O)Nc3ccc(-c4nnnn4C4CC4)cc3)cc2)c1. The molecule has 0 radical (unpaired) electrons. The van der Waals surface area contributed by atoms with Gasteiger partial charge in [0.2, 0.25) is 0 Å². The van der Waals surface area contributed by atoms with E-state index in [1.807, 2.05) is 54.2 Å². The van der Waals surface area contributed by atoms with Crippen molar-refractivity contribution in [2.45, 2.75) is 25.8 Å². The number of anilines is 1. The Bertz CT molecular complexity index is 1150. The molecule has 0 unspecified atom stereocenters. The van der Waals surface area contributed by atoms with E-state index >= 15 is 0 Å². The first-order valence-electron chi connectivity index (χ1n) is 9.49. The maximum atomic E-state index is 12.6. The minimum absolute atomic E-state index is 0.163. The number of aromatic nitrogens is 6. The zero-order chi connectivity index (χ0) is 19.8. The summed E-state index contributed by atoms with van der Waals surface area (Å²) < 4.78 is 3.65. The highest BCUT2D eigenvalue weighted by Gasteiger charge is 2.28. The Balaban J connectivity index is 1.28. The van der Waals surface area contributed by atoms with Crippen LogP contribution >= 0.6 is 0 Å². The lowest BCUT2D eigenvalue weighted by molar-refractivity contribution is 0.102. The van der Waals surface area contributed by atoms with Gasteiger partial charge in [0.25, 0.3) is 5.91 Å². The lowest BCUT2D eigenvalue weighted by Crippen LogP contribution is -2.12. The summed E-state index contributed by atoms with van der Waals surface area (Å²) in [6.45, 7) is 1.99. The van der Waals surface area contributed by atoms with Crippen LogP contribution in [0.5, 0.6) is 0 Å². The summed E-state index contributed by atoms with van der Waals surface area (Å²) >= 11 is 0. The molecule has 2 heterocycles. The zero-order valence-corrected chi connectivity index (χ0v) is 15.9. The number of amides is 1. The van der Waals surface area contributed by atoms with Gasteiger partial charge in [0.05, 0.1) is 17.9 Å². The summed E-state index contributed by atoms with van der Waals surface area (Å²) in [7, 11) is 0. The van der Waals surface area contributed by atoms with E-state index in [0.29, 0.717) is 11.6 Å². The molecule has 1 amide bonds. The fourth-order valence-corrected chi connectivity index (χ4v) is 3.17. The second-order valence-electron chi connectivity index (χ2n) is 7.22. The lowest BCUT2D eigenvalue weighted by atomic mass is 10.1. The highest BCUT2D eigenvalue weighted by molar-refractivity contribution is 6.04. The van der Waals surface area contributed by atoms with Crippen LogP contribution in [0.2, 0.25) is 0 Å². The molecule has 29 heavy (non-hydrogen) atoms. The largest absolute Gasteiger partial charge is 0.322 e. The highest BCUT2D eigenvalue weighted by atomic mass is 16.1. The molecule has 1 aliphatic carbocycles. The molecule has 144 valence electrons. The fourth-order valence-electron chi connectivity index (χ4n) is 3.17. The fraction of sp³-hybridized carbons (Fsp3) is 0.190. The minimum Gasteiger partial charge on any atom is -0.322 e. The summed E-state index contributed by atoms with van der Waals surface area (Å²) in [6, 6.07) is 15.3. The van der Waals surface area contributed by atoms with E-state index in [0.717, 1.165) is 41.2 Å². The number of nitrogens with zero attached hydrogens (tertiary/aromatic N) is 6. The summed E-state index contributed by atoms with van der Waals surface area (Å²) in [5, 5.41) is 19.2. The Hall–Kier alpha value is -3.81. The van der Waals surface area contributed by atoms with Crippen molar-refractivity contribution >= 4 is 11.6 Å². The Morgan fingerprint density at radius 2 is 1.83 bits per heavy atom. The molecule has 2 aromatic carbocycles. The number of hydrogen-bond donors (Lipinski definition) is 1. The molecule has 0 atom stereocenters. The standard InChI is InChI=1S/C21H19N7O/c1-14-12-22-27(13-14)18-8-4-16(5-9-18)21(29)23-17-6-2-15(3-7-17)20-24-25-26-28(20)19-10-11-19/h2-9,12-13,19H,10-11H2,1H3,(H,23,29). The summed E-state index contributed by atoms with van der Waals surface area (Å²) in [5.74, 6) is 0.596. The van der Waals surface area contributed by atoms with Crippen LogP contribution in [-0.4, -0.2) is 35.9 Å². The molecule has 1 fully saturated rings. The summed E-state index contributed by atoms with van der Waals surface area (Å²) in [5.41, 5.74) is 4.22. The van der Waals surface area contributed by atoms with Crippen molar-refractivity contribution in [2.24, 2.45) is 0 Å². The average molecular weight is 385 g/mol. The number of carbonyl (C=O) groups is 1. The molecule has 2 aromatic heterocycles. The van der Waals surface area contributed by atoms with Crippen molar-refractivity contribution in [1.29, 1.82) is 0 Å². The van der Waals surface area contributed by atoms with Gasteiger partial charge in [0.1, 0.15) is 0 Å². The first-order chi connectivity index (χ1) is 14.2. The van der Waals surface area contributed by atoms with E-state index in [4.69, 9.17) is 0 Å². The third kappa shape index (κ3) is 3.52. The number of hydrogen-bond acceptors (Lipinski definition) is 5. The van der Waals surface area contributed by atoms with Crippen molar-refractivity contribution in [2.75, 3.05) is 5.32 Å². The molecule has 1 aliphatic rings. The van der Waals surface area contributed by atoms with Crippen molar-refractivity contribution in [3.8, 4) is 17.1 Å². The number of benzene rings is 2. The molecule has 0 bridgehead atoms. The normalized spacial score (nSPS) is 13.4. The monoisotopic (exact) mass is 385 g/mol. The quantitative estimate of drug-likeness (QED) is 0.568. The number of carbonyl (C=O) groups excluding carboxylic acids is 1. The second kappa shape index (κ2) is 6.97. The minimum atomic E-state index is -0.163. The summed E-state index contributed by atoms with van der Waals surface area (Å²) in [6.07, 6.45) is 5.97. The molecular weight excluding hydrogens is 366 g/mol. The maximum Gasteiger partial charge on any atom is 0.255 e. The van der Waals surface area contributed by atoms with E-state index in [1.165, 1.54) is 0 Å². The van der Waals surface area contributed by atoms with Crippen LogP contribution in [-0.2, 0) is 0 Å². The Morgan fingerprint density at radius 3 is 2.48 bits per heavy atom. The van der Waals surface area contributed by atoms with Crippen LogP contribution in [0.15, 0.2) is 60.9 Å². The van der Waals surface area contributed by atoms with Crippen LogP contribution in [0, 0.1) is 6.92 Å². The Labute approximate surface area is 167 Å².